The lowest BCUT2D eigenvalue weighted by molar-refractivity contribution is 0.0681. The van der Waals surface area contributed by atoms with Gasteiger partial charge in [-0.15, -0.1) is 0 Å². The van der Waals surface area contributed by atoms with Crippen molar-refractivity contribution in [2.75, 3.05) is 12.4 Å². The van der Waals surface area contributed by atoms with Crippen LogP contribution in [0.4, 0.5) is 5.95 Å². The van der Waals surface area contributed by atoms with Gasteiger partial charge in [0.05, 0.1) is 11.8 Å². The first-order valence-electron chi connectivity index (χ1n) is 8.38. The largest absolute Gasteiger partial charge is 0.381 e. The lowest BCUT2D eigenvalue weighted by Gasteiger charge is -2.28. The summed E-state index contributed by atoms with van der Waals surface area (Å²) < 4.78 is 5.43. The van der Waals surface area contributed by atoms with Gasteiger partial charge in [-0.05, 0) is 43.9 Å². The van der Waals surface area contributed by atoms with E-state index in [-0.39, 0.29) is 0 Å². The molecule has 3 heterocycles. The predicted molar refractivity (Wildman–Crippen MR) is 93.8 cm³/mol. The molecule has 1 aliphatic carbocycles. The predicted octanol–water partition coefficient (Wildman–Crippen LogP) is 3.39. The summed E-state index contributed by atoms with van der Waals surface area (Å²) in [6.45, 7) is 0. The quantitative estimate of drug-likeness (QED) is 0.770. The highest BCUT2D eigenvalue weighted by atomic mass is 16.5. The van der Waals surface area contributed by atoms with Crippen molar-refractivity contribution < 1.29 is 4.74 Å². The van der Waals surface area contributed by atoms with Gasteiger partial charge in [-0.1, -0.05) is 0 Å². The topological polar surface area (TPSA) is 75.7 Å². The fourth-order valence-electron chi connectivity index (χ4n) is 3.37. The fraction of sp³-hybridized carbons (Fsp3) is 0.389. The van der Waals surface area contributed by atoms with Gasteiger partial charge in [-0.3, -0.25) is 0 Å². The van der Waals surface area contributed by atoms with Crippen LogP contribution in [-0.2, 0) is 4.74 Å². The molecule has 3 aromatic rings. The van der Waals surface area contributed by atoms with Crippen LogP contribution in [0.25, 0.3) is 22.3 Å². The van der Waals surface area contributed by atoms with E-state index >= 15 is 0 Å². The van der Waals surface area contributed by atoms with Crippen LogP contribution in [0.15, 0.2) is 36.8 Å². The molecule has 0 unspecified atom stereocenters. The van der Waals surface area contributed by atoms with Crippen molar-refractivity contribution in [3.63, 3.8) is 0 Å². The van der Waals surface area contributed by atoms with Crippen molar-refractivity contribution in [1.29, 1.82) is 0 Å². The zero-order chi connectivity index (χ0) is 16.4. The number of hydrogen-bond acceptors (Lipinski definition) is 5. The number of aromatic nitrogens is 4. The number of aromatic amines is 1. The summed E-state index contributed by atoms with van der Waals surface area (Å²) in [4.78, 5) is 16.6. The Labute approximate surface area is 140 Å². The molecule has 4 rings (SSSR count). The van der Waals surface area contributed by atoms with E-state index < -0.39 is 0 Å². The minimum Gasteiger partial charge on any atom is -0.381 e. The average Bonchev–Trinajstić information content (AvgIpc) is 3.07. The molecule has 0 saturated heterocycles. The monoisotopic (exact) mass is 323 g/mol. The van der Waals surface area contributed by atoms with Gasteiger partial charge in [0.1, 0.15) is 5.65 Å². The number of hydrogen-bond donors (Lipinski definition) is 2. The third-order valence-electron chi connectivity index (χ3n) is 4.72. The van der Waals surface area contributed by atoms with E-state index in [0.717, 1.165) is 48.0 Å². The number of rotatable bonds is 4. The molecule has 0 radical (unpaired) electrons. The molecule has 0 spiro atoms. The number of anilines is 1. The van der Waals surface area contributed by atoms with E-state index in [4.69, 9.17) is 9.72 Å². The smallest absolute Gasteiger partial charge is 0.223 e. The van der Waals surface area contributed by atoms with E-state index in [9.17, 15) is 0 Å². The molecule has 0 aliphatic heterocycles. The standard InChI is InChI=1S/C18H21N5O/c1-24-13-6-4-12(5-7-13)22-18-20-10-8-16(23-18)15-11-21-17-14(15)3-2-9-19-17/h2-3,8-13H,4-7H2,1H3,(H,19,21)(H,20,22,23)/t12-,13-. The Morgan fingerprint density at radius 2 is 2.00 bits per heavy atom. The van der Waals surface area contributed by atoms with E-state index in [1.54, 1.807) is 19.5 Å². The van der Waals surface area contributed by atoms with E-state index in [2.05, 4.69) is 26.3 Å². The first-order valence-corrected chi connectivity index (χ1v) is 8.38. The molecule has 1 saturated carbocycles. The number of nitrogens with zero attached hydrogens (tertiary/aromatic N) is 3. The molecule has 6 heteroatoms. The van der Waals surface area contributed by atoms with Gasteiger partial charge in [0, 0.05) is 42.7 Å². The second-order valence-electron chi connectivity index (χ2n) is 6.22. The minimum atomic E-state index is 0.397. The van der Waals surface area contributed by atoms with Crippen molar-refractivity contribution in [1.82, 2.24) is 19.9 Å². The lowest BCUT2D eigenvalue weighted by atomic mass is 9.93. The summed E-state index contributed by atoms with van der Waals surface area (Å²) in [5.74, 6) is 0.687. The molecule has 0 aromatic carbocycles. The van der Waals surface area contributed by atoms with Crippen LogP contribution in [0.5, 0.6) is 0 Å². The normalized spacial score (nSPS) is 21.0. The summed E-state index contributed by atoms with van der Waals surface area (Å²) in [5, 5.41) is 4.54. The highest BCUT2D eigenvalue weighted by molar-refractivity contribution is 5.92. The Morgan fingerprint density at radius 1 is 1.12 bits per heavy atom. The Hall–Kier alpha value is -2.47. The summed E-state index contributed by atoms with van der Waals surface area (Å²) in [6, 6.07) is 6.34. The van der Waals surface area contributed by atoms with Crippen molar-refractivity contribution >= 4 is 17.0 Å². The number of fused-ring (bicyclic) bond motifs is 1. The Bertz CT molecular complexity index is 823. The molecule has 24 heavy (non-hydrogen) atoms. The highest BCUT2D eigenvalue weighted by Crippen LogP contribution is 2.27. The van der Waals surface area contributed by atoms with Gasteiger partial charge in [-0.25, -0.2) is 15.0 Å². The third-order valence-corrected chi connectivity index (χ3v) is 4.72. The first kappa shape index (κ1) is 15.1. The molecule has 3 aromatic heterocycles. The molecular weight excluding hydrogens is 302 g/mol. The van der Waals surface area contributed by atoms with Crippen LogP contribution in [0, 0.1) is 0 Å². The molecule has 1 aliphatic rings. The van der Waals surface area contributed by atoms with Crippen LogP contribution in [0.2, 0.25) is 0 Å². The van der Waals surface area contributed by atoms with Gasteiger partial charge < -0.3 is 15.0 Å². The Balaban J connectivity index is 1.54. The van der Waals surface area contributed by atoms with Crippen LogP contribution in [0.3, 0.4) is 0 Å². The van der Waals surface area contributed by atoms with Gasteiger partial charge in [-0.2, -0.15) is 0 Å². The van der Waals surface area contributed by atoms with Crippen molar-refractivity contribution in [2.24, 2.45) is 0 Å². The van der Waals surface area contributed by atoms with Crippen molar-refractivity contribution in [3.05, 3.63) is 36.8 Å². The third kappa shape index (κ3) is 2.97. The second-order valence-corrected chi connectivity index (χ2v) is 6.22. The Morgan fingerprint density at radius 3 is 2.83 bits per heavy atom. The summed E-state index contributed by atoms with van der Waals surface area (Å²) in [6.07, 6.45) is 10.3. The second kappa shape index (κ2) is 6.57. The van der Waals surface area contributed by atoms with Crippen LogP contribution >= 0.6 is 0 Å². The highest BCUT2D eigenvalue weighted by Gasteiger charge is 2.21. The van der Waals surface area contributed by atoms with Crippen LogP contribution < -0.4 is 5.32 Å². The molecule has 2 N–H and O–H groups in total. The van der Waals surface area contributed by atoms with Gasteiger partial charge in [0.15, 0.2) is 0 Å². The number of nitrogens with one attached hydrogen (secondary N) is 2. The maximum atomic E-state index is 5.43. The van der Waals surface area contributed by atoms with E-state index in [0.29, 0.717) is 18.1 Å². The van der Waals surface area contributed by atoms with Gasteiger partial charge >= 0.3 is 0 Å². The minimum absolute atomic E-state index is 0.397. The summed E-state index contributed by atoms with van der Waals surface area (Å²) in [7, 11) is 1.79. The van der Waals surface area contributed by atoms with E-state index in [1.165, 1.54) is 0 Å². The molecule has 6 nitrogen and oxygen atoms in total. The summed E-state index contributed by atoms with van der Waals surface area (Å²) in [5.41, 5.74) is 2.82. The summed E-state index contributed by atoms with van der Waals surface area (Å²) >= 11 is 0. The maximum absolute atomic E-state index is 5.43. The fourth-order valence-corrected chi connectivity index (χ4v) is 3.37. The number of ether oxygens (including phenoxy) is 1. The number of pyridine rings is 1. The zero-order valence-corrected chi connectivity index (χ0v) is 13.7. The van der Waals surface area contributed by atoms with E-state index in [1.807, 2.05) is 18.3 Å². The molecule has 0 atom stereocenters. The van der Waals surface area contributed by atoms with Crippen LogP contribution in [0.1, 0.15) is 25.7 Å². The molecule has 1 fully saturated rings. The molecule has 0 bridgehead atoms. The molecule has 0 amide bonds. The number of H-pyrrole nitrogens is 1. The molecule has 124 valence electrons. The maximum Gasteiger partial charge on any atom is 0.223 e. The lowest BCUT2D eigenvalue weighted by Crippen LogP contribution is -2.29. The number of methoxy groups -OCH3 is 1. The van der Waals surface area contributed by atoms with Gasteiger partial charge in [0.2, 0.25) is 5.95 Å². The molecular formula is C18H21N5O. The van der Waals surface area contributed by atoms with Crippen LogP contribution in [-0.4, -0.2) is 39.2 Å². The van der Waals surface area contributed by atoms with Gasteiger partial charge in [0.25, 0.3) is 0 Å². The average molecular weight is 323 g/mol. The zero-order valence-electron chi connectivity index (χ0n) is 13.7. The van der Waals surface area contributed by atoms with Crippen molar-refractivity contribution in [2.45, 2.75) is 37.8 Å². The SMILES string of the molecule is CO[C@H]1CC[C@H](Nc2nccc(-c3c[nH]c4ncccc34)n2)CC1. The first-order chi connectivity index (χ1) is 11.8. The van der Waals surface area contributed by atoms with Crippen molar-refractivity contribution in [3.8, 4) is 11.3 Å². The Kier molecular flexibility index (Phi) is 4.13.